The Balaban J connectivity index is 1.77. The minimum Gasteiger partial charge on any atom is -0.467 e. The van der Waals surface area contributed by atoms with Gasteiger partial charge < -0.3 is 24.9 Å². The number of anilines is 1. The number of aliphatic hydroxyl groups is 1. The number of amides is 2. The molecule has 0 aliphatic heterocycles. The maximum absolute atomic E-state index is 12.1. The number of nitrogens with one attached hydrogen (secondary N) is 2. The smallest absolute Gasteiger partial charge is 0.467 e. The van der Waals surface area contributed by atoms with E-state index >= 15 is 0 Å². The standard InChI is InChI=1S/C16H15F3N2O5/c17-16(18,19)26-11-5-3-10(4-6-11)21-15(24)14(23)20-8-7-12(22)13-2-1-9-25-13/h1-6,9,12,22H,7-8H2,(H,20,23)(H,21,24)/t12-/m1/s1. The molecular weight excluding hydrogens is 357 g/mol. The van der Waals surface area contributed by atoms with E-state index in [0.29, 0.717) is 5.76 Å². The number of benzene rings is 1. The first-order chi connectivity index (χ1) is 12.2. The first kappa shape index (κ1) is 19.3. The van der Waals surface area contributed by atoms with Crippen molar-refractivity contribution < 1.29 is 37.0 Å². The van der Waals surface area contributed by atoms with Gasteiger partial charge in [0, 0.05) is 12.2 Å². The van der Waals surface area contributed by atoms with E-state index in [-0.39, 0.29) is 18.7 Å². The number of carbonyl (C=O) groups excluding carboxylic acids is 2. The van der Waals surface area contributed by atoms with Gasteiger partial charge in [-0.2, -0.15) is 0 Å². The average Bonchev–Trinajstić information content (AvgIpc) is 3.09. The summed E-state index contributed by atoms with van der Waals surface area (Å²) in [5, 5.41) is 14.3. The Labute approximate surface area is 145 Å². The summed E-state index contributed by atoms with van der Waals surface area (Å²) in [4.78, 5) is 23.4. The highest BCUT2D eigenvalue weighted by atomic mass is 19.4. The molecule has 0 fully saturated rings. The molecule has 0 unspecified atom stereocenters. The zero-order valence-corrected chi connectivity index (χ0v) is 13.2. The first-order valence-electron chi connectivity index (χ1n) is 7.41. The van der Waals surface area contributed by atoms with E-state index in [1.165, 1.54) is 6.26 Å². The number of hydrogen-bond acceptors (Lipinski definition) is 5. The quantitative estimate of drug-likeness (QED) is 0.676. The lowest BCUT2D eigenvalue weighted by Crippen LogP contribution is -2.36. The average molecular weight is 372 g/mol. The lowest BCUT2D eigenvalue weighted by atomic mass is 10.2. The molecule has 0 saturated heterocycles. The van der Waals surface area contributed by atoms with Crippen molar-refractivity contribution in [3.05, 3.63) is 48.4 Å². The molecule has 1 aromatic carbocycles. The second-order valence-electron chi connectivity index (χ2n) is 5.10. The van der Waals surface area contributed by atoms with Crippen LogP contribution in [0.15, 0.2) is 47.1 Å². The third-order valence-electron chi connectivity index (χ3n) is 3.13. The molecule has 1 heterocycles. The number of alkyl halides is 3. The first-order valence-corrected chi connectivity index (χ1v) is 7.41. The zero-order chi connectivity index (χ0) is 19.2. The molecule has 26 heavy (non-hydrogen) atoms. The third kappa shape index (κ3) is 6.13. The van der Waals surface area contributed by atoms with Crippen LogP contribution in [0.25, 0.3) is 0 Å². The molecule has 0 bridgehead atoms. The molecule has 1 atom stereocenters. The van der Waals surface area contributed by atoms with Crippen LogP contribution in [-0.4, -0.2) is 29.8 Å². The Kier molecular flexibility index (Phi) is 6.23. The molecule has 0 aliphatic carbocycles. The van der Waals surface area contributed by atoms with Gasteiger partial charge in [0.05, 0.1) is 6.26 Å². The van der Waals surface area contributed by atoms with Gasteiger partial charge >= 0.3 is 18.2 Å². The fraction of sp³-hybridized carbons (Fsp3) is 0.250. The predicted octanol–water partition coefficient (Wildman–Crippen LogP) is 2.36. The second-order valence-corrected chi connectivity index (χ2v) is 5.10. The van der Waals surface area contributed by atoms with E-state index in [2.05, 4.69) is 15.4 Å². The van der Waals surface area contributed by atoms with Crippen LogP contribution in [0.4, 0.5) is 18.9 Å². The van der Waals surface area contributed by atoms with Gasteiger partial charge in [0.1, 0.15) is 17.6 Å². The molecule has 7 nitrogen and oxygen atoms in total. The number of hydrogen-bond donors (Lipinski definition) is 3. The number of aliphatic hydroxyl groups excluding tert-OH is 1. The lowest BCUT2D eigenvalue weighted by molar-refractivity contribution is -0.274. The van der Waals surface area contributed by atoms with Gasteiger partial charge in [-0.05, 0) is 42.8 Å². The van der Waals surface area contributed by atoms with Gasteiger partial charge in [-0.1, -0.05) is 0 Å². The predicted molar refractivity (Wildman–Crippen MR) is 83.0 cm³/mol. The summed E-state index contributed by atoms with van der Waals surface area (Å²) in [5.74, 6) is -2.06. The van der Waals surface area contributed by atoms with Gasteiger partial charge in [0.25, 0.3) is 0 Å². The molecule has 3 N–H and O–H groups in total. The van der Waals surface area contributed by atoms with Crippen LogP contribution in [0, 0.1) is 0 Å². The summed E-state index contributed by atoms with van der Waals surface area (Å²) < 4.78 is 44.9. The van der Waals surface area contributed by atoms with Crippen molar-refractivity contribution in [1.29, 1.82) is 0 Å². The molecular formula is C16H15F3N2O5. The normalized spacial score (nSPS) is 12.3. The van der Waals surface area contributed by atoms with Crippen molar-refractivity contribution in [3.8, 4) is 5.75 Å². The van der Waals surface area contributed by atoms with Crippen LogP contribution in [0.5, 0.6) is 5.75 Å². The molecule has 2 aromatic rings. The van der Waals surface area contributed by atoms with Crippen LogP contribution < -0.4 is 15.4 Å². The van der Waals surface area contributed by atoms with Crippen molar-refractivity contribution >= 4 is 17.5 Å². The molecule has 0 saturated carbocycles. The summed E-state index contributed by atoms with van der Waals surface area (Å²) in [6.07, 6.45) is -4.20. The maximum atomic E-state index is 12.1. The summed E-state index contributed by atoms with van der Waals surface area (Å²) in [6.45, 7) is 0.0203. The fourth-order valence-corrected chi connectivity index (χ4v) is 1.95. The molecule has 2 amide bonds. The highest BCUT2D eigenvalue weighted by Gasteiger charge is 2.31. The van der Waals surface area contributed by atoms with Gasteiger partial charge in [0.15, 0.2) is 0 Å². The van der Waals surface area contributed by atoms with Crippen LogP contribution in [0.1, 0.15) is 18.3 Å². The highest BCUT2D eigenvalue weighted by Crippen LogP contribution is 2.23. The van der Waals surface area contributed by atoms with Crippen molar-refractivity contribution in [2.24, 2.45) is 0 Å². The molecule has 1 aromatic heterocycles. The van der Waals surface area contributed by atoms with Crippen molar-refractivity contribution in [2.75, 3.05) is 11.9 Å². The van der Waals surface area contributed by atoms with E-state index in [4.69, 9.17) is 4.42 Å². The topological polar surface area (TPSA) is 101 Å². The van der Waals surface area contributed by atoms with Gasteiger partial charge in [-0.3, -0.25) is 9.59 Å². The number of rotatable bonds is 6. The lowest BCUT2D eigenvalue weighted by Gasteiger charge is -2.10. The second kappa shape index (κ2) is 8.39. The number of furan rings is 1. The van der Waals surface area contributed by atoms with Crippen molar-refractivity contribution in [1.82, 2.24) is 5.32 Å². The van der Waals surface area contributed by atoms with E-state index < -0.39 is 30.0 Å². The fourth-order valence-electron chi connectivity index (χ4n) is 1.95. The Morgan fingerprint density at radius 2 is 1.85 bits per heavy atom. The Hall–Kier alpha value is -3.01. The highest BCUT2D eigenvalue weighted by molar-refractivity contribution is 6.39. The molecule has 140 valence electrons. The van der Waals surface area contributed by atoms with E-state index in [9.17, 15) is 27.9 Å². The van der Waals surface area contributed by atoms with Gasteiger partial charge in [0.2, 0.25) is 0 Å². The molecule has 0 spiro atoms. The third-order valence-corrected chi connectivity index (χ3v) is 3.13. The van der Waals surface area contributed by atoms with Crippen molar-refractivity contribution in [3.63, 3.8) is 0 Å². The van der Waals surface area contributed by atoms with Crippen LogP contribution >= 0.6 is 0 Å². The van der Waals surface area contributed by atoms with Crippen LogP contribution in [-0.2, 0) is 9.59 Å². The Morgan fingerprint density at radius 3 is 2.42 bits per heavy atom. The van der Waals surface area contributed by atoms with Gasteiger partial charge in [-0.15, -0.1) is 13.2 Å². The minimum absolute atomic E-state index is 0.0203. The zero-order valence-electron chi connectivity index (χ0n) is 13.2. The minimum atomic E-state index is -4.81. The van der Waals surface area contributed by atoms with E-state index in [1.54, 1.807) is 12.1 Å². The number of halogens is 3. The van der Waals surface area contributed by atoms with Gasteiger partial charge in [-0.25, -0.2) is 0 Å². The summed E-state index contributed by atoms with van der Waals surface area (Å²) >= 11 is 0. The summed E-state index contributed by atoms with van der Waals surface area (Å²) in [7, 11) is 0. The molecule has 10 heteroatoms. The van der Waals surface area contributed by atoms with Crippen LogP contribution in [0.3, 0.4) is 0 Å². The molecule has 0 aliphatic rings. The molecule has 2 rings (SSSR count). The largest absolute Gasteiger partial charge is 0.573 e. The number of ether oxygens (including phenoxy) is 1. The Morgan fingerprint density at radius 1 is 1.15 bits per heavy atom. The molecule has 0 radical (unpaired) electrons. The van der Waals surface area contributed by atoms with Crippen LogP contribution in [0.2, 0.25) is 0 Å². The Bertz CT molecular complexity index is 729. The van der Waals surface area contributed by atoms with E-state index in [0.717, 1.165) is 24.3 Å². The summed E-state index contributed by atoms with van der Waals surface area (Å²) in [5.41, 5.74) is 0.121. The maximum Gasteiger partial charge on any atom is 0.573 e. The van der Waals surface area contributed by atoms with E-state index in [1.807, 2.05) is 0 Å². The summed E-state index contributed by atoms with van der Waals surface area (Å²) in [6, 6.07) is 7.50. The number of carbonyl (C=O) groups is 2. The SMILES string of the molecule is O=C(NCC[C@@H](O)c1ccco1)C(=O)Nc1ccc(OC(F)(F)F)cc1. The monoisotopic (exact) mass is 372 g/mol. The van der Waals surface area contributed by atoms with Crippen molar-refractivity contribution in [2.45, 2.75) is 18.9 Å².